The lowest BCUT2D eigenvalue weighted by atomic mass is 9.76. The molecule has 1 aliphatic heterocycles. The average molecular weight is 368 g/mol. The van der Waals surface area contributed by atoms with E-state index in [2.05, 4.69) is 28.9 Å². The number of rotatable bonds is 4. The molecule has 0 bridgehead atoms. The molecule has 5 rings (SSSR count). The van der Waals surface area contributed by atoms with Gasteiger partial charge in [0.05, 0.1) is 23.0 Å². The minimum Gasteiger partial charge on any atom is -0.381 e. The third kappa shape index (κ3) is 2.89. The van der Waals surface area contributed by atoms with Gasteiger partial charge >= 0.3 is 0 Å². The molecule has 4 N–H and O–H groups in total. The second-order valence-corrected chi connectivity index (χ2v) is 8.22. The van der Waals surface area contributed by atoms with Gasteiger partial charge in [-0.15, -0.1) is 0 Å². The number of aryl methyl sites for hydroxylation is 1. The Morgan fingerprint density at radius 1 is 1.30 bits per heavy atom. The quantitative estimate of drug-likeness (QED) is 0.769. The lowest BCUT2D eigenvalue weighted by Gasteiger charge is -2.39. The first-order chi connectivity index (χ1) is 13.2. The van der Waals surface area contributed by atoms with Crippen LogP contribution in [0.4, 0.5) is 5.69 Å². The average Bonchev–Trinajstić information content (AvgIpc) is 3.27. The maximum absolute atomic E-state index is 5.99. The summed E-state index contributed by atoms with van der Waals surface area (Å²) in [6.45, 7) is 2.90. The molecule has 1 spiro atoms. The van der Waals surface area contributed by atoms with Crippen LogP contribution in [0, 0.1) is 0 Å². The summed E-state index contributed by atoms with van der Waals surface area (Å²) in [5.41, 5.74) is 13.0. The Kier molecular flexibility index (Phi) is 4.09. The van der Waals surface area contributed by atoms with E-state index in [1.54, 1.807) is 0 Å². The van der Waals surface area contributed by atoms with Crippen molar-refractivity contribution < 1.29 is 4.84 Å². The van der Waals surface area contributed by atoms with Gasteiger partial charge in [0.25, 0.3) is 0 Å². The van der Waals surface area contributed by atoms with Crippen molar-refractivity contribution in [3.63, 3.8) is 0 Å². The Morgan fingerprint density at radius 3 is 2.85 bits per heavy atom. The van der Waals surface area contributed by atoms with Crippen LogP contribution in [-0.2, 0) is 11.4 Å². The van der Waals surface area contributed by atoms with Crippen LogP contribution in [0.2, 0.25) is 0 Å². The Labute approximate surface area is 159 Å². The van der Waals surface area contributed by atoms with Gasteiger partial charge in [-0.1, -0.05) is 19.3 Å². The van der Waals surface area contributed by atoms with Crippen LogP contribution >= 0.6 is 0 Å². The molecule has 7 nitrogen and oxygen atoms in total. The number of nitrogens with two attached hydrogens (primary N) is 1. The van der Waals surface area contributed by atoms with E-state index in [-0.39, 0.29) is 11.6 Å². The summed E-state index contributed by atoms with van der Waals surface area (Å²) in [7, 11) is 0. The molecule has 3 aliphatic rings. The normalized spacial score (nSPS) is 28.2. The highest BCUT2D eigenvalue weighted by Crippen LogP contribution is 2.43. The number of pyridine rings is 1. The fourth-order valence-electron chi connectivity index (χ4n) is 4.71. The molecule has 0 radical (unpaired) electrons. The van der Waals surface area contributed by atoms with Crippen LogP contribution in [0.15, 0.2) is 18.5 Å². The summed E-state index contributed by atoms with van der Waals surface area (Å²) in [5.74, 6) is 0. The fraction of sp³-hybridized carbons (Fsp3) is 0.600. The molecule has 2 aliphatic carbocycles. The molecule has 2 aromatic heterocycles. The number of nitrogens with one attached hydrogen (secondary N) is 2. The summed E-state index contributed by atoms with van der Waals surface area (Å²) >= 11 is 0. The van der Waals surface area contributed by atoms with E-state index in [4.69, 9.17) is 15.6 Å². The maximum Gasteiger partial charge on any atom is 0.159 e. The van der Waals surface area contributed by atoms with Crippen molar-refractivity contribution in [3.8, 4) is 0 Å². The van der Waals surface area contributed by atoms with Crippen molar-refractivity contribution >= 4 is 22.4 Å². The van der Waals surface area contributed by atoms with Gasteiger partial charge in [-0.05, 0) is 38.7 Å². The highest BCUT2D eigenvalue weighted by molar-refractivity contribution is 5.95. The van der Waals surface area contributed by atoms with Crippen LogP contribution < -0.4 is 16.5 Å². The molecule has 0 aromatic carbocycles. The second kappa shape index (κ2) is 6.49. The zero-order valence-electron chi connectivity index (χ0n) is 15.9. The topological polar surface area (TPSA) is 90.0 Å². The van der Waals surface area contributed by atoms with Crippen LogP contribution in [0.3, 0.4) is 0 Å². The van der Waals surface area contributed by atoms with Gasteiger partial charge < -0.3 is 11.1 Å². The molecule has 0 unspecified atom stereocenters. The largest absolute Gasteiger partial charge is 0.381 e. The molecular weight excluding hydrogens is 340 g/mol. The molecule has 7 heteroatoms. The lowest BCUT2D eigenvalue weighted by Crippen LogP contribution is -2.51. The predicted molar refractivity (Wildman–Crippen MR) is 106 cm³/mol. The molecule has 2 saturated carbocycles. The van der Waals surface area contributed by atoms with E-state index in [9.17, 15) is 0 Å². The second-order valence-electron chi connectivity index (χ2n) is 8.22. The minimum atomic E-state index is -0.251. The minimum absolute atomic E-state index is 0.227. The van der Waals surface area contributed by atoms with E-state index in [1.165, 1.54) is 32.1 Å². The van der Waals surface area contributed by atoms with Gasteiger partial charge in [0.15, 0.2) is 5.65 Å². The fourth-order valence-corrected chi connectivity index (χ4v) is 4.71. The van der Waals surface area contributed by atoms with E-state index >= 15 is 0 Å². The molecule has 2 fully saturated rings. The maximum atomic E-state index is 5.99. The number of hydrogen-bond donors (Lipinski definition) is 3. The van der Waals surface area contributed by atoms with E-state index in [0.717, 1.165) is 47.4 Å². The standard InChI is InChI=1S/C20H28N6O/c1-2-26-19-16(12-23-26)18(24-14-6-4-3-5-7-14)15(11-22-19)17-10-20(27-25-17)8-13(21)9-20/h10-14,25H,2-9,21H2,1H3,(H,22,24). The number of fused-ring (bicyclic) bond motifs is 1. The summed E-state index contributed by atoms with van der Waals surface area (Å²) in [5, 5.41) is 9.43. The third-order valence-corrected chi connectivity index (χ3v) is 6.20. The van der Waals surface area contributed by atoms with E-state index in [1.807, 2.05) is 17.1 Å². The molecule has 0 atom stereocenters. The Bertz CT molecular complexity index is 876. The molecule has 0 saturated heterocycles. The molecule has 0 amide bonds. The Balaban J connectivity index is 1.55. The van der Waals surface area contributed by atoms with Crippen LogP contribution in [-0.4, -0.2) is 32.4 Å². The van der Waals surface area contributed by atoms with Crippen molar-refractivity contribution in [2.24, 2.45) is 5.73 Å². The van der Waals surface area contributed by atoms with Crippen molar-refractivity contribution in [3.05, 3.63) is 24.0 Å². The van der Waals surface area contributed by atoms with Crippen LogP contribution in [0.1, 0.15) is 57.4 Å². The summed E-state index contributed by atoms with van der Waals surface area (Å²) < 4.78 is 1.95. The zero-order chi connectivity index (χ0) is 18.4. The van der Waals surface area contributed by atoms with Crippen molar-refractivity contribution in [1.29, 1.82) is 0 Å². The van der Waals surface area contributed by atoms with Gasteiger partial charge in [-0.2, -0.15) is 5.10 Å². The van der Waals surface area contributed by atoms with Crippen LogP contribution in [0.5, 0.6) is 0 Å². The number of nitrogens with zero attached hydrogens (tertiary/aromatic N) is 3. The van der Waals surface area contributed by atoms with E-state index < -0.39 is 0 Å². The van der Waals surface area contributed by atoms with Gasteiger partial charge in [0, 0.05) is 30.4 Å². The molecular formula is C20H28N6O. The summed E-state index contributed by atoms with van der Waals surface area (Å²) in [6.07, 6.45) is 14.1. The van der Waals surface area contributed by atoms with Crippen molar-refractivity contribution in [2.75, 3.05) is 5.32 Å². The van der Waals surface area contributed by atoms with Gasteiger partial charge in [0.1, 0.15) is 5.60 Å². The predicted octanol–water partition coefficient (Wildman–Crippen LogP) is 2.93. The lowest BCUT2D eigenvalue weighted by molar-refractivity contribution is -0.0908. The number of hydroxylamine groups is 1. The van der Waals surface area contributed by atoms with Gasteiger partial charge in [0.2, 0.25) is 0 Å². The molecule has 3 heterocycles. The molecule has 2 aromatic rings. The summed E-state index contributed by atoms with van der Waals surface area (Å²) in [4.78, 5) is 10.6. The first-order valence-electron chi connectivity index (χ1n) is 10.2. The smallest absolute Gasteiger partial charge is 0.159 e. The highest BCUT2D eigenvalue weighted by Gasteiger charge is 2.46. The number of anilines is 1. The van der Waals surface area contributed by atoms with Crippen molar-refractivity contribution in [2.45, 2.75) is 76.1 Å². The highest BCUT2D eigenvalue weighted by atomic mass is 16.7. The number of hydrogen-bond acceptors (Lipinski definition) is 6. The Morgan fingerprint density at radius 2 is 2.11 bits per heavy atom. The third-order valence-electron chi connectivity index (χ3n) is 6.20. The first kappa shape index (κ1) is 17.0. The van der Waals surface area contributed by atoms with Gasteiger partial charge in [-0.25, -0.2) is 9.67 Å². The first-order valence-corrected chi connectivity index (χ1v) is 10.2. The molecule has 144 valence electrons. The zero-order valence-corrected chi connectivity index (χ0v) is 15.9. The van der Waals surface area contributed by atoms with E-state index in [0.29, 0.717) is 6.04 Å². The summed E-state index contributed by atoms with van der Waals surface area (Å²) in [6, 6.07) is 0.729. The number of aromatic nitrogens is 3. The van der Waals surface area contributed by atoms with Crippen LogP contribution in [0.25, 0.3) is 16.7 Å². The molecule has 27 heavy (non-hydrogen) atoms. The van der Waals surface area contributed by atoms with Gasteiger partial charge in [-0.3, -0.25) is 10.3 Å². The Hall–Kier alpha value is -2.12. The SMILES string of the molecule is CCn1ncc2c(NC3CCCCC3)c(C3=CC4(CC(N)C4)ON3)cnc21. The van der Waals surface area contributed by atoms with Crippen molar-refractivity contribution in [1.82, 2.24) is 20.2 Å². The monoisotopic (exact) mass is 368 g/mol.